The van der Waals surface area contributed by atoms with Crippen LogP contribution in [0.15, 0.2) is 41.7 Å². The maximum atomic E-state index is 13.1. The Morgan fingerprint density at radius 3 is 2.69 bits per heavy atom. The topological polar surface area (TPSA) is 54.9 Å². The Morgan fingerprint density at radius 2 is 2.00 bits per heavy atom. The van der Waals surface area contributed by atoms with Gasteiger partial charge in [-0.05, 0) is 44.0 Å². The van der Waals surface area contributed by atoms with Crippen LogP contribution in [0, 0.1) is 5.82 Å². The summed E-state index contributed by atoms with van der Waals surface area (Å²) in [5.41, 5.74) is 1.56. The highest BCUT2D eigenvalue weighted by Gasteiger charge is 2.18. The molecule has 0 spiro atoms. The molecule has 0 aliphatic carbocycles. The van der Waals surface area contributed by atoms with Crippen molar-refractivity contribution in [2.45, 2.75) is 37.8 Å². The molecule has 0 saturated carbocycles. The van der Waals surface area contributed by atoms with Crippen LogP contribution in [-0.2, 0) is 4.79 Å². The number of fused-ring (bicyclic) bond motifs is 1. The maximum Gasteiger partial charge on any atom is 0.230 e. The number of aromatic nitrogens is 2. The summed E-state index contributed by atoms with van der Waals surface area (Å²) in [7, 11) is 0. The van der Waals surface area contributed by atoms with Gasteiger partial charge in [-0.15, -0.1) is 11.3 Å². The summed E-state index contributed by atoms with van der Waals surface area (Å²) in [6.45, 7) is 6.06. The highest BCUT2D eigenvalue weighted by atomic mass is 32.2. The number of rotatable bonds is 6. The minimum atomic E-state index is -0.257. The van der Waals surface area contributed by atoms with Gasteiger partial charge < -0.3 is 5.32 Å². The summed E-state index contributed by atoms with van der Waals surface area (Å²) in [5, 5.41) is 3.81. The predicted molar refractivity (Wildman–Crippen MR) is 106 cm³/mol. The van der Waals surface area contributed by atoms with Crippen LogP contribution in [0.4, 0.5) is 4.39 Å². The number of thioether (sulfide) groups is 1. The fraction of sp³-hybridized carbons (Fsp3) is 0.316. The lowest BCUT2D eigenvalue weighted by atomic mass is 10.0. The van der Waals surface area contributed by atoms with E-state index in [0.717, 1.165) is 32.1 Å². The van der Waals surface area contributed by atoms with Crippen molar-refractivity contribution in [1.29, 1.82) is 0 Å². The zero-order chi connectivity index (χ0) is 18.7. The second-order valence-corrected chi connectivity index (χ2v) is 8.60. The van der Waals surface area contributed by atoms with Crippen molar-refractivity contribution in [3.63, 3.8) is 0 Å². The van der Waals surface area contributed by atoms with Gasteiger partial charge in [-0.3, -0.25) is 4.79 Å². The third kappa shape index (κ3) is 4.40. The highest BCUT2D eigenvalue weighted by Crippen LogP contribution is 2.36. The number of hydrogen-bond acceptors (Lipinski definition) is 5. The van der Waals surface area contributed by atoms with Crippen molar-refractivity contribution in [1.82, 2.24) is 15.3 Å². The fourth-order valence-electron chi connectivity index (χ4n) is 2.33. The molecule has 0 radical (unpaired) electrons. The van der Waals surface area contributed by atoms with Crippen molar-refractivity contribution >= 4 is 39.2 Å². The standard InChI is InChI=1S/C19H20FN3OS2/c1-4-19(2,3)23-16(24)10-25-18-17-14(21-11-22-18)9-15(26-17)12-5-7-13(20)8-6-12/h5-9,11H,4,10H2,1-3H3,(H,23,24). The molecule has 0 saturated heterocycles. The third-order valence-electron chi connectivity index (χ3n) is 4.11. The molecular weight excluding hydrogens is 369 g/mol. The molecule has 0 unspecified atom stereocenters. The normalized spacial score (nSPS) is 11.7. The Labute approximate surface area is 160 Å². The average molecular weight is 390 g/mol. The highest BCUT2D eigenvalue weighted by molar-refractivity contribution is 8.00. The molecule has 136 valence electrons. The van der Waals surface area contributed by atoms with E-state index in [0.29, 0.717) is 5.75 Å². The van der Waals surface area contributed by atoms with E-state index in [1.165, 1.54) is 30.2 Å². The molecule has 1 N–H and O–H groups in total. The van der Waals surface area contributed by atoms with Crippen molar-refractivity contribution in [3.8, 4) is 10.4 Å². The summed E-state index contributed by atoms with van der Waals surface area (Å²) >= 11 is 2.96. The van der Waals surface area contributed by atoms with E-state index in [4.69, 9.17) is 0 Å². The fourth-order valence-corrected chi connectivity index (χ4v) is 4.33. The maximum absolute atomic E-state index is 13.1. The van der Waals surface area contributed by atoms with Crippen LogP contribution in [0.1, 0.15) is 27.2 Å². The van der Waals surface area contributed by atoms with Gasteiger partial charge in [0, 0.05) is 10.4 Å². The lowest BCUT2D eigenvalue weighted by Crippen LogP contribution is -2.43. The van der Waals surface area contributed by atoms with Crippen LogP contribution in [0.25, 0.3) is 20.7 Å². The largest absolute Gasteiger partial charge is 0.351 e. The molecule has 0 fully saturated rings. The van der Waals surface area contributed by atoms with E-state index in [2.05, 4.69) is 15.3 Å². The Balaban J connectivity index is 1.79. The Hall–Kier alpha value is -1.99. The summed E-state index contributed by atoms with van der Waals surface area (Å²) in [4.78, 5) is 21.8. The Bertz CT molecular complexity index is 922. The summed E-state index contributed by atoms with van der Waals surface area (Å²) < 4.78 is 14.1. The van der Waals surface area contributed by atoms with Crippen LogP contribution in [0.5, 0.6) is 0 Å². The second-order valence-electron chi connectivity index (χ2n) is 6.59. The van der Waals surface area contributed by atoms with Gasteiger partial charge >= 0.3 is 0 Å². The van der Waals surface area contributed by atoms with Crippen LogP contribution in [0.2, 0.25) is 0 Å². The minimum absolute atomic E-state index is 0.0103. The number of nitrogens with zero attached hydrogens (tertiary/aromatic N) is 2. The van der Waals surface area contributed by atoms with Crippen LogP contribution < -0.4 is 5.32 Å². The van der Waals surface area contributed by atoms with Gasteiger partial charge in [0.1, 0.15) is 17.2 Å². The molecule has 3 rings (SSSR count). The Morgan fingerprint density at radius 1 is 1.27 bits per heavy atom. The first-order chi connectivity index (χ1) is 12.4. The SMILES string of the molecule is CCC(C)(C)NC(=O)CSc1ncnc2cc(-c3ccc(F)cc3)sc12. The van der Waals surface area contributed by atoms with Crippen molar-refractivity contribution < 1.29 is 9.18 Å². The first kappa shape index (κ1) is 18.8. The van der Waals surface area contributed by atoms with Gasteiger partial charge in [-0.2, -0.15) is 0 Å². The summed E-state index contributed by atoms with van der Waals surface area (Å²) in [6.07, 6.45) is 2.38. The van der Waals surface area contributed by atoms with Crippen LogP contribution in [-0.4, -0.2) is 27.2 Å². The van der Waals surface area contributed by atoms with Gasteiger partial charge in [-0.25, -0.2) is 14.4 Å². The number of amides is 1. The second kappa shape index (κ2) is 7.72. The lowest BCUT2D eigenvalue weighted by molar-refractivity contribution is -0.120. The molecule has 7 heteroatoms. The van der Waals surface area contributed by atoms with E-state index in [9.17, 15) is 9.18 Å². The minimum Gasteiger partial charge on any atom is -0.351 e. The van der Waals surface area contributed by atoms with Gasteiger partial charge in [-0.1, -0.05) is 30.8 Å². The third-order valence-corrected chi connectivity index (χ3v) is 6.41. The molecule has 1 amide bonds. The predicted octanol–water partition coefficient (Wildman–Crippen LogP) is 4.89. The van der Waals surface area contributed by atoms with E-state index in [1.807, 2.05) is 26.8 Å². The molecule has 0 aliphatic heterocycles. The molecule has 2 aromatic heterocycles. The Kier molecular flexibility index (Phi) is 5.58. The monoisotopic (exact) mass is 389 g/mol. The lowest BCUT2D eigenvalue weighted by Gasteiger charge is -2.24. The number of carbonyl (C=O) groups excluding carboxylic acids is 1. The average Bonchev–Trinajstić information content (AvgIpc) is 3.05. The van der Waals surface area contributed by atoms with Gasteiger partial charge in [0.2, 0.25) is 5.91 Å². The first-order valence-corrected chi connectivity index (χ1v) is 10.1. The van der Waals surface area contributed by atoms with Crippen molar-refractivity contribution in [3.05, 3.63) is 42.5 Å². The van der Waals surface area contributed by atoms with Gasteiger partial charge in [0.05, 0.1) is 16.0 Å². The van der Waals surface area contributed by atoms with E-state index < -0.39 is 0 Å². The molecule has 0 aliphatic rings. The smallest absolute Gasteiger partial charge is 0.230 e. The summed E-state index contributed by atoms with van der Waals surface area (Å²) in [5.74, 6) is 0.0371. The molecule has 2 heterocycles. The zero-order valence-electron chi connectivity index (χ0n) is 14.9. The number of hydrogen-bond donors (Lipinski definition) is 1. The quantitative estimate of drug-likeness (QED) is 0.481. The van der Waals surface area contributed by atoms with Gasteiger partial charge in [0.15, 0.2) is 0 Å². The zero-order valence-corrected chi connectivity index (χ0v) is 16.5. The van der Waals surface area contributed by atoms with Crippen LogP contribution >= 0.6 is 23.1 Å². The number of nitrogens with one attached hydrogen (secondary N) is 1. The van der Waals surface area contributed by atoms with E-state index in [1.54, 1.807) is 23.5 Å². The molecule has 0 bridgehead atoms. The molecule has 3 aromatic rings. The molecule has 4 nitrogen and oxygen atoms in total. The molecular formula is C19H20FN3OS2. The number of halogens is 1. The number of benzene rings is 1. The molecule has 26 heavy (non-hydrogen) atoms. The van der Waals surface area contributed by atoms with Crippen molar-refractivity contribution in [2.75, 3.05) is 5.75 Å². The van der Waals surface area contributed by atoms with Crippen molar-refractivity contribution in [2.24, 2.45) is 0 Å². The van der Waals surface area contributed by atoms with E-state index in [-0.39, 0.29) is 17.3 Å². The number of carbonyl (C=O) groups is 1. The first-order valence-electron chi connectivity index (χ1n) is 8.32. The number of thiophene rings is 1. The molecule has 1 aromatic carbocycles. The molecule has 0 atom stereocenters. The van der Waals surface area contributed by atoms with Crippen LogP contribution in [0.3, 0.4) is 0 Å². The van der Waals surface area contributed by atoms with E-state index >= 15 is 0 Å². The summed E-state index contributed by atoms with van der Waals surface area (Å²) in [6, 6.07) is 8.36. The van der Waals surface area contributed by atoms with Gasteiger partial charge in [0.25, 0.3) is 0 Å².